The predicted octanol–water partition coefficient (Wildman–Crippen LogP) is 1.48. The van der Waals surface area contributed by atoms with Crippen molar-refractivity contribution >= 4 is 11.7 Å². The van der Waals surface area contributed by atoms with E-state index in [-0.39, 0.29) is 11.3 Å². The number of rotatable bonds is 2. The number of nitrogens with zero attached hydrogens (tertiary/aromatic N) is 6. The first-order chi connectivity index (χ1) is 11.9. The smallest absolute Gasteiger partial charge is 0.274 e. The number of hydrogen-bond donors (Lipinski definition) is 0. The number of amides is 1. The summed E-state index contributed by atoms with van der Waals surface area (Å²) < 4.78 is 0. The number of carbonyl (C=O) groups is 1. The van der Waals surface area contributed by atoms with Crippen molar-refractivity contribution < 1.29 is 4.79 Å². The molecule has 1 amide bonds. The summed E-state index contributed by atoms with van der Waals surface area (Å²) in [5.41, 5.74) is 2.30. The average Bonchev–Trinajstić information content (AvgIpc) is 3.07. The Morgan fingerprint density at radius 3 is 2.60 bits per heavy atom. The Hall–Kier alpha value is -2.57. The number of anilines is 1. The van der Waals surface area contributed by atoms with Gasteiger partial charge in [-0.25, -0.2) is 15.0 Å². The van der Waals surface area contributed by atoms with Gasteiger partial charge >= 0.3 is 0 Å². The number of likely N-dealkylation sites (tertiary alicyclic amines) is 1. The molecular formula is C18H22N6O. The summed E-state index contributed by atoms with van der Waals surface area (Å²) in [6.07, 6.45) is 4.84. The number of hydrogen-bond acceptors (Lipinski definition) is 6. The molecule has 0 spiro atoms. The van der Waals surface area contributed by atoms with E-state index in [2.05, 4.69) is 31.8 Å². The van der Waals surface area contributed by atoms with Crippen LogP contribution >= 0.6 is 0 Å². The zero-order valence-corrected chi connectivity index (χ0v) is 14.8. The lowest BCUT2D eigenvalue weighted by Crippen LogP contribution is -2.36. The number of aryl methyl sites for hydroxylation is 2. The first-order valence-electron chi connectivity index (χ1n) is 8.56. The Morgan fingerprint density at radius 2 is 1.92 bits per heavy atom. The van der Waals surface area contributed by atoms with E-state index in [1.807, 2.05) is 24.8 Å². The fourth-order valence-corrected chi connectivity index (χ4v) is 3.95. The van der Waals surface area contributed by atoms with Crippen LogP contribution in [0, 0.1) is 25.2 Å². The van der Waals surface area contributed by atoms with E-state index in [0.717, 1.165) is 43.4 Å². The normalized spacial score (nSPS) is 25.3. The van der Waals surface area contributed by atoms with Crippen LogP contribution in [-0.4, -0.2) is 56.9 Å². The summed E-state index contributed by atoms with van der Waals surface area (Å²) in [5.74, 6) is 1.39. The minimum absolute atomic E-state index is 0.0208. The maximum Gasteiger partial charge on any atom is 0.274 e. The molecule has 0 bridgehead atoms. The molecule has 2 aromatic heterocycles. The zero-order valence-electron chi connectivity index (χ0n) is 14.8. The van der Waals surface area contributed by atoms with Gasteiger partial charge in [0.2, 0.25) is 0 Å². The standard InChI is InChI=1S/C18H22N6O/c1-12-4-16(22-11-21-12)23-7-14-8-24(10-18(14,3)9-23)17(25)15-6-19-13(2)5-20-15/h4-6,11,14H,7-10H2,1-3H3/t14-,18+/m0/s1. The minimum Gasteiger partial charge on any atom is -0.356 e. The van der Waals surface area contributed by atoms with E-state index in [0.29, 0.717) is 11.6 Å². The number of fused-ring (bicyclic) bond motifs is 1. The van der Waals surface area contributed by atoms with E-state index in [1.165, 1.54) is 0 Å². The molecule has 2 fully saturated rings. The molecular weight excluding hydrogens is 316 g/mol. The molecule has 7 nitrogen and oxygen atoms in total. The molecule has 2 aliphatic heterocycles. The maximum atomic E-state index is 12.7. The highest BCUT2D eigenvalue weighted by atomic mass is 16.2. The van der Waals surface area contributed by atoms with Crippen LogP contribution in [0.1, 0.15) is 28.8 Å². The average molecular weight is 338 g/mol. The Kier molecular flexibility index (Phi) is 3.67. The van der Waals surface area contributed by atoms with Crippen molar-refractivity contribution in [1.29, 1.82) is 0 Å². The third-order valence-electron chi connectivity index (χ3n) is 5.37. The Labute approximate surface area is 147 Å². The van der Waals surface area contributed by atoms with Gasteiger partial charge in [-0.1, -0.05) is 6.92 Å². The van der Waals surface area contributed by atoms with Crippen molar-refractivity contribution in [2.24, 2.45) is 11.3 Å². The molecule has 0 aromatic carbocycles. The van der Waals surface area contributed by atoms with Gasteiger partial charge < -0.3 is 9.80 Å². The van der Waals surface area contributed by atoms with Crippen LogP contribution < -0.4 is 4.90 Å². The predicted molar refractivity (Wildman–Crippen MR) is 93.3 cm³/mol. The van der Waals surface area contributed by atoms with E-state index in [4.69, 9.17) is 0 Å². The molecule has 2 saturated heterocycles. The minimum atomic E-state index is -0.0208. The Morgan fingerprint density at radius 1 is 1.08 bits per heavy atom. The van der Waals surface area contributed by atoms with Crippen LogP contribution in [0.15, 0.2) is 24.8 Å². The van der Waals surface area contributed by atoms with Gasteiger partial charge in [-0.3, -0.25) is 9.78 Å². The first-order valence-corrected chi connectivity index (χ1v) is 8.56. The summed E-state index contributed by atoms with van der Waals surface area (Å²) in [6, 6.07) is 2.02. The molecule has 0 radical (unpaired) electrons. The third kappa shape index (κ3) is 2.83. The summed E-state index contributed by atoms with van der Waals surface area (Å²) in [6.45, 7) is 9.42. The van der Waals surface area contributed by atoms with E-state index < -0.39 is 0 Å². The summed E-state index contributed by atoms with van der Waals surface area (Å²) in [7, 11) is 0. The Bertz CT molecular complexity index is 807. The quantitative estimate of drug-likeness (QED) is 0.826. The van der Waals surface area contributed by atoms with Crippen molar-refractivity contribution in [3.05, 3.63) is 41.9 Å². The van der Waals surface area contributed by atoms with Crippen molar-refractivity contribution in [2.45, 2.75) is 20.8 Å². The highest BCUT2D eigenvalue weighted by Gasteiger charge is 2.50. The fourth-order valence-electron chi connectivity index (χ4n) is 3.95. The monoisotopic (exact) mass is 338 g/mol. The molecule has 0 unspecified atom stereocenters. The first kappa shape index (κ1) is 15.9. The van der Waals surface area contributed by atoms with Crippen LogP contribution in [0.5, 0.6) is 0 Å². The van der Waals surface area contributed by atoms with Crippen molar-refractivity contribution in [3.63, 3.8) is 0 Å². The molecule has 2 aromatic rings. The van der Waals surface area contributed by atoms with Crippen LogP contribution in [0.3, 0.4) is 0 Å². The van der Waals surface area contributed by atoms with E-state index in [9.17, 15) is 4.79 Å². The van der Waals surface area contributed by atoms with Gasteiger partial charge in [0, 0.05) is 55.5 Å². The van der Waals surface area contributed by atoms with Gasteiger partial charge in [-0.2, -0.15) is 0 Å². The molecule has 0 aliphatic carbocycles. The lowest BCUT2D eigenvalue weighted by molar-refractivity contribution is 0.0768. The van der Waals surface area contributed by atoms with Crippen molar-refractivity contribution in [2.75, 3.05) is 31.1 Å². The van der Waals surface area contributed by atoms with Gasteiger partial charge in [0.25, 0.3) is 5.91 Å². The summed E-state index contributed by atoms with van der Waals surface area (Å²) >= 11 is 0. The highest BCUT2D eigenvalue weighted by molar-refractivity contribution is 5.92. The molecule has 7 heteroatoms. The zero-order chi connectivity index (χ0) is 17.6. The number of aromatic nitrogens is 4. The molecule has 2 atom stereocenters. The van der Waals surface area contributed by atoms with E-state index >= 15 is 0 Å². The van der Waals surface area contributed by atoms with Crippen LogP contribution in [0.2, 0.25) is 0 Å². The van der Waals surface area contributed by atoms with Gasteiger partial charge in [0.1, 0.15) is 17.8 Å². The largest absolute Gasteiger partial charge is 0.356 e. The molecule has 25 heavy (non-hydrogen) atoms. The van der Waals surface area contributed by atoms with Crippen LogP contribution in [-0.2, 0) is 0 Å². The molecule has 4 heterocycles. The van der Waals surface area contributed by atoms with E-state index in [1.54, 1.807) is 18.7 Å². The van der Waals surface area contributed by atoms with Crippen LogP contribution in [0.4, 0.5) is 5.82 Å². The second-order valence-corrected chi connectivity index (χ2v) is 7.48. The molecule has 4 rings (SSSR count). The van der Waals surface area contributed by atoms with Gasteiger partial charge in [0.05, 0.1) is 11.9 Å². The lowest BCUT2D eigenvalue weighted by atomic mass is 9.83. The van der Waals surface area contributed by atoms with Gasteiger partial charge in [-0.15, -0.1) is 0 Å². The lowest BCUT2D eigenvalue weighted by Gasteiger charge is -2.25. The van der Waals surface area contributed by atoms with Crippen LogP contribution in [0.25, 0.3) is 0 Å². The van der Waals surface area contributed by atoms with Crippen molar-refractivity contribution in [1.82, 2.24) is 24.8 Å². The summed E-state index contributed by atoms with van der Waals surface area (Å²) in [5, 5.41) is 0. The second kappa shape index (κ2) is 5.75. The second-order valence-electron chi connectivity index (χ2n) is 7.48. The number of carbonyl (C=O) groups excluding carboxylic acids is 1. The van der Waals surface area contributed by atoms with Crippen molar-refractivity contribution in [3.8, 4) is 0 Å². The third-order valence-corrected chi connectivity index (χ3v) is 5.37. The molecule has 0 saturated carbocycles. The Balaban J connectivity index is 1.48. The summed E-state index contributed by atoms with van der Waals surface area (Å²) in [4.78, 5) is 33.9. The van der Waals surface area contributed by atoms with Gasteiger partial charge in [0.15, 0.2) is 0 Å². The molecule has 2 aliphatic rings. The fraction of sp³-hybridized carbons (Fsp3) is 0.500. The molecule has 130 valence electrons. The topological polar surface area (TPSA) is 75.1 Å². The maximum absolute atomic E-state index is 12.7. The van der Waals surface area contributed by atoms with Gasteiger partial charge in [-0.05, 0) is 13.8 Å². The SMILES string of the molecule is Cc1cnc(C(=O)N2C[C@@H]3CN(c4cc(C)ncn4)C[C@]3(C)C2)cn1. The molecule has 0 N–H and O–H groups in total. The highest BCUT2D eigenvalue weighted by Crippen LogP contribution is 2.43.